The minimum Gasteiger partial charge on any atom is -0.508 e. The first-order valence-corrected chi connectivity index (χ1v) is 6.95. The van der Waals surface area contributed by atoms with Crippen molar-refractivity contribution in [3.63, 3.8) is 0 Å². The van der Waals surface area contributed by atoms with Crippen LogP contribution in [0.15, 0.2) is 42.5 Å². The van der Waals surface area contributed by atoms with E-state index in [1.54, 1.807) is 0 Å². The summed E-state index contributed by atoms with van der Waals surface area (Å²) in [7, 11) is 0. The largest absolute Gasteiger partial charge is 0.508 e. The van der Waals surface area contributed by atoms with E-state index in [9.17, 15) is 14.7 Å². The summed E-state index contributed by atoms with van der Waals surface area (Å²) >= 11 is 0. The lowest BCUT2D eigenvalue weighted by Crippen LogP contribution is -2.05. The summed E-state index contributed by atoms with van der Waals surface area (Å²) in [6.45, 7) is 3.48. The van der Waals surface area contributed by atoms with E-state index < -0.39 is 0 Å². The molecule has 0 saturated carbocycles. The molecule has 0 atom stereocenters. The van der Waals surface area contributed by atoms with Crippen LogP contribution in [-0.4, -0.2) is 16.7 Å². The lowest BCUT2D eigenvalue weighted by atomic mass is 9.98. The molecule has 0 spiro atoms. The lowest BCUT2D eigenvalue weighted by molar-refractivity contribution is 0.0992. The van der Waals surface area contributed by atoms with Crippen LogP contribution in [0.3, 0.4) is 0 Å². The van der Waals surface area contributed by atoms with Crippen molar-refractivity contribution in [3.8, 4) is 5.75 Å². The van der Waals surface area contributed by atoms with Crippen LogP contribution < -0.4 is 0 Å². The standard InChI is InChI=1S/C18H18O3/c1-3-13-5-4-6-14(7-13)8-18(21)16-9-15(12(2)19)10-17(20)11-16/h4-7,9-11,20H,3,8H2,1-2H3. The van der Waals surface area contributed by atoms with Crippen molar-refractivity contribution in [1.29, 1.82) is 0 Å². The maximum atomic E-state index is 12.3. The van der Waals surface area contributed by atoms with E-state index in [-0.39, 0.29) is 23.7 Å². The number of aryl methyl sites for hydroxylation is 1. The zero-order valence-electron chi connectivity index (χ0n) is 12.2. The first-order valence-electron chi connectivity index (χ1n) is 6.95. The molecular formula is C18H18O3. The fourth-order valence-electron chi connectivity index (χ4n) is 2.22. The average molecular weight is 282 g/mol. The SMILES string of the molecule is CCc1cccc(CC(=O)c2cc(O)cc(C(C)=O)c2)c1. The summed E-state index contributed by atoms with van der Waals surface area (Å²) in [5.41, 5.74) is 2.83. The second-order valence-electron chi connectivity index (χ2n) is 5.10. The summed E-state index contributed by atoms with van der Waals surface area (Å²) in [5, 5.41) is 9.64. The van der Waals surface area contributed by atoms with Crippen molar-refractivity contribution in [1.82, 2.24) is 0 Å². The number of carbonyl (C=O) groups is 2. The Morgan fingerprint density at radius 1 is 1.00 bits per heavy atom. The number of hydrogen-bond acceptors (Lipinski definition) is 3. The summed E-state index contributed by atoms with van der Waals surface area (Å²) < 4.78 is 0. The zero-order valence-corrected chi connectivity index (χ0v) is 12.2. The maximum absolute atomic E-state index is 12.3. The van der Waals surface area contributed by atoms with Gasteiger partial charge in [0.25, 0.3) is 0 Å². The molecule has 0 heterocycles. The number of phenolic OH excluding ortho intramolecular Hbond substituents is 1. The van der Waals surface area contributed by atoms with E-state index in [1.165, 1.54) is 30.7 Å². The van der Waals surface area contributed by atoms with Crippen molar-refractivity contribution < 1.29 is 14.7 Å². The highest BCUT2D eigenvalue weighted by Crippen LogP contribution is 2.18. The first kappa shape index (κ1) is 15.0. The second kappa shape index (κ2) is 6.35. The molecule has 0 amide bonds. The van der Waals surface area contributed by atoms with Gasteiger partial charge in [0.15, 0.2) is 11.6 Å². The molecule has 2 rings (SSSR count). The van der Waals surface area contributed by atoms with Crippen LogP contribution in [0, 0.1) is 0 Å². The van der Waals surface area contributed by atoms with Crippen molar-refractivity contribution >= 4 is 11.6 Å². The van der Waals surface area contributed by atoms with Crippen LogP contribution in [0.25, 0.3) is 0 Å². The molecule has 0 aliphatic rings. The highest BCUT2D eigenvalue weighted by Gasteiger charge is 2.11. The molecule has 21 heavy (non-hydrogen) atoms. The maximum Gasteiger partial charge on any atom is 0.167 e. The molecule has 108 valence electrons. The van der Waals surface area contributed by atoms with Gasteiger partial charge in [-0.25, -0.2) is 0 Å². The fraction of sp³-hybridized carbons (Fsp3) is 0.222. The summed E-state index contributed by atoms with van der Waals surface area (Å²) in [6, 6.07) is 12.2. The first-order chi connectivity index (χ1) is 9.99. The highest BCUT2D eigenvalue weighted by atomic mass is 16.3. The van der Waals surface area contributed by atoms with E-state index in [1.807, 2.05) is 24.3 Å². The number of carbonyl (C=O) groups excluding carboxylic acids is 2. The Bertz CT molecular complexity index is 687. The molecule has 0 aliphatic heterocycles. The van der Waals surface area contributed by atoms with Crippen LogP contribution in [0.4, 0.5) is 0 Å². The van der Waals surface area contributed by atoms with Crippen LogP contribution in [0.5, 0.6) is 5.75 Å². The Hall–Kier alpha value is -2.42. The van der Waals surface area contributed by atoms with Gasteiger partial charge in [0.1, 0.15) is 5.75 Å². The molecule has 2 aromatic rings. The molecule has 0 bridgehead atoms. The third kappa shape index (κ3) is 3.78. The van der Waals surface area contributed by atoms with Gasteiger partial charge in [-0.1, -0.05) is 31.2 Å². The van der Waals surface area contributed by atoms with Gasteiger partial charge in [0, 0.05) is 17.5 Å². The second-order valence-corrected chi connectivity index (χ2v) is 5.10. The molecule has 0 aromatic heterocycles. The van der Waals surface area contributed by atoms with Gasteiger partial charge in [-0.3, -0.25) is 9.59 Å². The van der Waals surface area contributed by atoms with Crippen LogP contribution >= 0.6 is 0 Å². The lowest BCUT2D eigenvalue weighted by Gasteiger charge is -2.06. The third-order valence-corrected chi connectivity index (χ3v) is 3.41. The molecule has 2 aromatic carbocycles. The zero-order chi connectivity index (χ0) is 15.4. The van der Waals surface area contributed by atoms with Gasteiger partial charge in [0.2, 0.25) is 0 Å². The highest BCUT2D eigenvalue weighted by molar-refractivity contribution is 6.01. The predicted octanol–water partition coefficient (Wildman–Crippen LogP) is 3.58. The number of phenols is 1. The van der Waals surface area contributed by atoms with Crippen LogP contribution in [0.2, 0.25) is 0 Å². The Kier molecular flexibility index (Phi) is 4.53. The van der Waals surface area contributed by atoms with Gasteiger partial charge in [-0.05, 0) is 42.7 Å². The average Bonchev–Trinajstić information content (AvgIpc) is 2.46. The predicted molar refractivity (Wildman–Crippen MR) is 82.0 cm³/mol. The normalized spacial score (nSPS) is 10.4. The smallest absolute Gasteiger partial charge is 0.167 e. The van der Waals surface area contributed by atoms with E-state index in [0.29, 0.717) is 11.1 Å². The number of Topliss-reactive ketones (excluding diaryl/α,β-unsaturated/α-hetero) is 2. The monoisotopic (exact) mass is 282 g/mol. The summed E-state index contributed by atoms with van der Waals surface area (Å²) in [5.74, 6) is -0.344. The minimum absolute atomic E-state index is 0.0617. The molecule has 3 nitrogen and oxygen atoms in total. The Balaban J connectivity index is 2.25. The third-order valence-electron chi connectivity index (χ3n) is 3.41. The van der Waals surface area contributed by atoms with Crippen molar-refractivity contribution in [3.05, 3.63) is 64.7 Å². The molecule has 3 heteroatoms. The molecule has 0 aliphatic carbocycles. The van der Waals surface area contributed by atoms with Crippen molar-refractivity contribution in [2.45, 2.75) is 26.7 Å². The number of rotatable bonds is 5. The Morgan fingerprint density at radius 3 is 2.33 bits per heavy atom. The van der Waals surface area contributed by atoms with Crippen LogP contribution in [0.1, 0.15) is 45.7 Å². The fourth-order valence-corrected chi connectivity index (χ4v) is 2.22. The summed E-state index contributed by atoms with van der Waals surface area (Å²) in [4.78, 5) is 23.7. The molecular weight excluding hydrogens is 264 g/mol. The molecule has 0 saturated heterocycles. The number of benzene rings is 2. The van der Waals surface area contributed by atoms with Gasteiger partial charge in [-0.2, -0.15) is 0 Å². The number of hydrogen-bond donors (Lipinski definition) is 1. The minimum atomic E-state index is -0.173. The number of ketones is 2. The quantitative estimate of drug-likeness (QED) is 0.853. The van der Waals surface area contributed by atoms with Gasteiger partial charge in [-0.15, -0.1) is 0 Å². The van der Waals surface area contributed by atoms with Gasteiger partial charge in [0.05, 0.1) is 0 Å². The van der Waals surface area contributed by atoms with Crippen molar-refractivity contribution in [2.24, 2.45) is 0 Å². The van der Waals surface area contributed by atoms with Crippen LogP contribution in [-0.2, 0) is 12.8 Å². The van der Waals surface area contributed by atoms with Gasteiger partial charge < -0.3 is 5.11 Å². The van der Waals surface area contributed by atoms with Gasteiger partial charge >= 0.3 is 0 Å². The number of aromatic hydroxyl groups is 1. The summed E-state index contributed by atoms with van der Waals surface area (Å²) in [6.07, 6.45) is 1.18. The molecule has 0 unspecified atom stereocenters. The molecule has 0 fully saturated rings. The van der Waals surface area contributed by atoms with E-state index in [2.05, 4.69) is 6.92 Å². The van der Waals surface area contributed by atoms with E-state index >= 15 is 0 Å². The van der Waals surface area contributed by atoms with Crippen molar-refractivity contribution in [2.75, 3.05) is 0 Å². The van der Waals surface area contributed by atoms with E-state index in [4.69, 9.17) is 0 Å². The topological polar surface area (TPSA) is 54.4 Å². The Morgan fingerprint density at radius 2 is 1.67 bits per heavy atom. The molecule has 0 radical (unpaired) electrons. The molecule has 1 N–H and O–H groups in total. The Labute approximate surface area is 124 Å². The van der Waals surface area contributed by atoms with E-state index in [0.717, 1.165) is 12.0 Å².